The molecule has 6 heteroatoms. The average Bonchev–Trinajstić information content (AvgIpc) is 2.67. The molecule has 166 valence electrons. The third-order valence-corrected chi connectivity index (χ3v) is 8.04. The van der Waals surface area contributed by atoms with Crippen LogP contribution in [0.25, 0.3) is 0 Å². The maximum Gasteiger partial charge on any atom is 0.322 e. The second-order valence-corrected chi connectivity index (χ2v) is 11.0. The Labute approximate surface area is 196 Å². The van der Waals surface area contributed by atoms with Gasteiger partial charge in [-0.3, -0.25) is 9.59 Å². The number of benzene rings is 1. The van der Waals surface area contributed by atoms with Gasteiger partial charge in [0, 0.05) is 11.1 Å². The summed E-state index contributed by atoms with van der Waals surface area (Å²) in [5.41, 5.74) is 3.30. The number of aryl methyl sites for hydroxylation is 1. The standard InChI is InChI=1S/C24H32Br2O4/c1-14(2)16-11-15-7-8-17-23(3,4)9-6-10-24(17,5)20(15)22(30-19(28)13-26)21(16)29-18(27)12-25/h11,14,17H,6-10,12-13H2,1-5H3/t17-,24-/m0/s1. The molecule has 0 unspecified atom stereocenters. The molecule has 1 saturated carbocycles. The van der Waals surface area contributed by atoms with Gasteiger partial charge in [-0.1, -0.05) is 79.0 Å². The molecule has 0 spiro atoms. The van der Waals surface area contributed by atoms with Gasteiger partial charge < -0.3 is 9.47 Å². The molecule has 0 heterocycles. The monoisotopic (exact) mass is 542 g/mol. The van der Waals surface area contributed by atoms with E-state index in [0.717, 1.165) is 36.8 Å². The van der Waals surface area contributed by atoms with Gasteiger partial charge in [0.15, 0.2) is 11.5 Å². The third kappa shape index (κ3) is 4.23. The molecule has 0 N–H and O–H groups in total. The van der Waals surface area contributed by atoms with E-state index in [0.29, 0.717) is 17.4 Å². The lowest BCUT2D eigenvalue weighted by atomic mass is 9.50. The Bertz CT molecular complexity index is 846. The SMILES string of the molecule is CC(C)c1cc2c(c(OC(=O)CBr)c1OC(=O)CBr)[C@@]1(C)CCCC(C)(C)[C@@H]1CC2. The van der Waals surface area contributed by atoms with E-state index in [4.69, 9.17) is 9.47 Å². The van der Waals surface area contributed by atoms with E-state index in [9.17, 15) is 9.59 Å². The van der Waals surface area contributed by atoms with Crippen molar-refractivity contribution in [2.24, 2.45) is 11.3 Å². The first-order valence-electron chi connectivity index (χ1n) is 10.8. The number of ether oxygens (including phenoxy) is 2. The van der Waals surface area contributed by atoms with Gasteiger partial charge in [-0.25, -0.2) is 0 Å². The van der Waals surface area contributed by atoms with E-state index in [1.807, 2.05) is 0 Å². The van der Waals surface area contributed by atoms with Gasteiger partial charge >= 0.3 is 11.9 Å². The number of fused-ring (bicyclic) bond motifs is 3. The van der Waals surface area contributed by atoms with E-state index < -0.39 is 5.97 Å². The fourth-order valence-corrected chi connectivity index (χ4v) is 6.11. The van der Waals surface area contributed by atoms with E-state index in [-0.39, 0.29) is 33.4 Å². The zero-order valence-electron chi connectivity index (χ0n) is 18.6. The number of carbonyl (C=O) groups is 2. The molecule has 30 heavy (non-hydrogen) atoms. The summed E-state index contributed by atoms with van der Waals surface area (Å²) in [6.45, 7) is 11.2. The molecular weight excluding hydrogens is 512 g/mol. The number of hydrogen-bond acceptors (Lipinski definition) is 4. The number of carbonyl (C=O) groups excluding carboxylic acids is 2. The molecular formula is C24H32Br2O4. The Morgan fingerprint density at radius 2 is 1.67 bits per heavy atom. The van der Waals surface area contributed by atoms with Gasteiger partial charge in [0.05, 0.1) is 0 Å². The smallest absolute Gasteiger partial charge is 0.322 e. The summed E-state index contributed by atoms with van der Waals surface area (Å²) >= 11 is 6.40. The normalized spacial score (nSPS) is 24.7. The van der Waals surface area contributed by atoms with Crippen molar-refractivity contribution in [3.8, 4) is 11.5 Å². The van der Waals surface area contributed by atoms with Crippen molar-refractivity contribution < 1.29 is 19.1 Å². The van der Waals surface area contributed by atoms with Crippen molar-refractivity contribution in [2.75, 3.05) is 10.7 Å². The molecule has 2 aliphatic rings. The van der Waals surface area contributed by atoms with Crippen molar-refractivity contribution >= 4 is 43.8 Å². The molecule has 1 aromatic rings. The minimum Gasteiger partial charge on any atom is -0.422 e. The van der Waals surface area contributed by atoms with Crippen molar-refractivity contribution in [1.29, 1.82) is 0 Å². The quantitative estimate of drug-likeness (QED) is 0.243. The van der Waals surface area contributed by atoms with Gasteiger partial charge in [-0.2, -0.15) is 0 Å². The average molecular weight is 544 g/mol. The number of hydrogen-bond donors (Lipinski definition) is 0. The van der Waals surface area contributed by atoms with E-state index >= 15 is 0 Å². The first-order valence-corrected chi connectivity index (χ1v) is 13.0. The topological polar surface area (TPSA) is 52.6 Å². The predicted octanol–water partition coefficient (Wildman–Crippen LogP) is 6.44. The van der Waals surface area contributed by atoms with Crippen LogP contribution in [0.1, 0.15) is 82.9 Å². The molecule has 1 fully saturated rings. The third-order valence-electron chi connectivity index (χ3n) is 7.12. The maximum atomic E-state index is 12.4. The minimum atomic E-state index is -0.394. The van der Waals surface area contributed by atoms with Crippen LogP contribution in [-0.4, -0.2) is 22.6 Å². The van der Waals surface area contributed by atoms with Gasteiger partial charge in [-0.15, -0.1) is 0 Å². The highest BCUT2D eigenvalue weighted by atomic mass is 79.9. The summed E-state index contributed by atoms with van der Waals surface area (Å²) in [6, 6.07) is 2.19. The zero-order chi connectivity index (χ0) is 22.3. The predicted molar refractivity (Wildman–Crippen MR) is 126 cm³/mol. The van der Waals surface area contributed by atoms with E-state index in [1.54, 1.807) is 0 Å². The van der Waals surface area contributed by atoms with Crippen LogP contribution in [-0.2, 0) is 21.4 Å². The highest BCUT2D eigenvalue weighted by molar-refractivity contribution is 9.09. The van der Waals surface area contributed by atoms with Gasteiger partial charge in [0.25, 0.3) is 0 Å². The molecule has 2 atom stereocenters. The summed E-state index contributed by atoms with van der Waals surface area (Å²) in [7, 11) is 0. The van der Waals surface area contributed by atoms with E-state index in [1.165, 1.54) is 12.0 Å². The summed E-state index contributed by atoms with van der Waals surface area (Å²) in [4.78, 5) is 24.7. The van der Waals surface area contributed by atoms with Crippen molar-refractivity contribution in [3.05, 3.63) is 22.8 Å². The molecule has 0 aliphatic heterocycles. The molecule has 0 aromatic heterocycles. The minimum absolute atomic E-state index is 0.0837. The maximum absolute atomic E-state index is 12.4. The summed E-state index contributed by atoms with van der Waals surface area (Å²) in [6.07, 6.45) is 5.45. The fourth-order valence-electron chi connectivity index (χ4n) is 5.88. The van der Waals surface area contributed by atoms with Crippen LogP contribution in [0.4, 0.5) is 0 Å². The van der Waals surface area contributed by atoms with Crippen molar-refractivity contribution in [1.82, 2.24) is 0 Å². The Morgan fingerprint density at radius 1 is 1.07 bits per heavy atom. The molecule has 0 bridgehead atoms. The first kappa shape index (κ1) is 23.8. The van der Waals surface area contributed by atoms with Crippen LogP contribution in [0.15, 0.2) is 6.07 Å². The lowest BCUT2D eigenvalue weighted by molar-refractivity contribution is -0.134. The second-order valence-electron chi connectivity index (χ2n) is 9.88. The van der Waals surface area contributed by atoms with Gasteiger partial charge in [-0.05, 0) is 53.9 Å². The number of alkyl halides is 2. The van der Waals surface area contributed by atoms with Crippen LogP contribution in [0.2, 0.25) is 0 Å². The van der Waals surface area contributed by atoms with Crippen LogP contribution < -0.4 is 9.47 Å². The lowest BCUT2D eigenvalue weighted by Gasteiger charge is -2.54. The summed E-state index contributed by atoms with van der Waals surface area (Å²) < 4.78 is 11.7. The molecule has 3 rings (SSSR count). The van der Waals surface area contributed by atoms with Crippen LogP contribution in [0.5, 0.6) is 11.5 Å². The molecule has 4 nitrogen and oxygen atoms in total. The van der Waals surface area contributed by atoms with Crippen LogP contribution in [0.3, 0.4) is 0 Å². The van der Waals surface area contributed by atoms with Crippen LogP contribution >= 0.6 is 31.9 Å². The summed E-state index contributed by atoms with van der Waals surface area (Å²) in [5.74, 6) is 0.706. The van der Waals surface area contributed by atoms with Gasteiger partial charge in [0.2, 0.25) is 0 Å². The molecule has 0 saturated heterocycles. The Balaban J connectivity index is 2.30. The number of halogens is 2. The molecule has 0 radical (unpaired) electrons. The molecule has 1 aromatic carbocycles. The van der Waals surface area contributed by atoms with Crippen LogP contribution in [0, 0.1) is 11.3 Å². The molecule has 0 amide bonds. The number of esters is 2. The second kappa shape index (κ2) is 8.93. The van der Waals surface area contributed by atoms with Crippen molar-refractivity contribution in [2.45, 2.75) is 78.1 Å². The fraction of sp³-hybridized carbons (Fsp3) is 0.667. The zero-order valence-corrected chi connectivity index (χ0v) is 21.7. The Kier molecular flexibility index (Phi) is 7.08. The van der Waals surface area contributed by atoms with Crippen molar-refractivity contribution in [3.63, 3.8) is 0 Å². The highest BCUT2D eigenvalue weighted by Gasteiger charge is 2.52. The molecule has 2 aliphatic carbocycles. The summed E-state index contributed by atoms with van der Waals surface area (Å²) in [5, 5.41) is 0.172. The lowest BCUT2D eigenvalue weighted by Crippen LogP contribution is -2.48. The van der Waals surface area contributed by atoms with E-state index in [2.05, 4.69) is 72.5 Å². The Morgan fingerprint density at radius 3 is 2.23 bits per heavy atom. The number of rotatable bonds is 5. The first-order chi connectivity index (χ1) is 14.0. The highest BCUT2D eigenvalue weighted by Crippen LogP contribution is 2.60. The van der Waals surface area contributed by atoms with Gasteiger partial charge in [0.1, 0.15) is 10.7 Å². The Hall–Kier alpha value is -0.880. The largest absolute Gasteiger partial charge is 0.422 e.